The molecular formula is C24H20N6O10. The van der Waals surface area contributed by atoms with Crippen LogP contribution in [0.2, 0.25) is 0 Å². The molecule has 0 aliphatic heterocycles. The number of nitrogen functional groups attached to an aromatic ring is 1. The molecule has 0 spiro atoms. The fourth-order valence-corrected chi connectivity index (χ4v) is 3.14. The van der Waals surface area contributed by atoms with Crippen LogP contribution in [0.4, 0.5) is 11.4 Å². The zero-order valence-corrected chi connectivity index (χ0v) is 20.7. The maximum atomic E-state index is 11.6. The lowest BCUT2D eigenvalue weighted by atomic mass is 10.2. The van der Waals surface area contributed by atoms with Gasteiger partial charge >= 0.3 is 11.9 Å². The second-order valence-corrected chi connectivity index (χ2v) is 7.64. The van der Waals surface area contributed by atoms with Crippen LogP contribution in [0.15, 0.2) is 58.1 Å². The smallest absolute Gasteiger partial charge is 0.360 e. The van der Waals surface area contributed by atoms with Crippen molar-refractivity contribution in [3.8, 4) is 34.3 Å². The zero-order valence-electron chi connectivity index (χ0n) is 20.7. The number of nitro groups is 1. The number of methoxy groups -OCH3 is 2. The first-order chi connectivity index (χ1) is 19.0. The summed E-state index contributed by atoms with van der Waals surface area (Å²) in [5.74, 6) is -3.52. The Morgan fingerprint density at radius 3 is 1.73 bits per heavy atom. The largest absolute Gasteiger partial charge is 0.501 e. The van der Waals surface area contributed by atoms with E-state index >= 15 is 0 Å². The van der Waals surface area contributed by atoms with Gasteiger partial charge in [0.2, 0.25) is 11.5 Å². The van der Waals surface area contributed by atoms with Gasteiger partial charge in [-0.3, -0.25) is 19.7 Å². The fourth-order valence-electron chi connectivity index (χ4n) is 3.14. The Labute approximate surface area is 222 Å². The summed E-state index contributed by atoms with van der Waals surface area (Å²) >= 11 is 0. The molecule has 2 aromatic heterocycles. The topological polar surface area (TPSA) is 254 Å². The molecule has 0 radical (unpaired) electrons. The van der Waals surface area contributed by atoms with Crippen molar-refractivity contribution in [1.29, 1.82) is 0 Å². The lowest BCUT2D eigenvalue weighted by molar-refractivity contribution is -0.384. The normalized spacial score (nSPS) is 10.2. The number of rotatable bonds is 5. The average molecular weight is 552 g/mol. The molecule has 16 nitrogen and oxygen atoms in total. The molecule has 0 aliphatic carbocycles. The standard InChI is InChI=1S/C12H9N3O6.C12H11N3O4/c1-21-12(18)8-9(16)11(17)14-10(13-8)6-3-2-4-7(5-6)15(19)20;1-19-12(18)8-9(16)11(17)15-10(14-8)6-3-2-4-7(13)5-6/h2-5,16H,1H3,(H,13,14,17);2-5,16H,13H2,1H3,(H,14,15,17). The lowest BCUT2D eigenvalue weighted by Gasteiger charge is -2.05. The van der Waals surface area contributed by atoms with Crippen molar-refractivity contribution < 1.29 is 34.2 Å². The Hall–Kier alpha value is -6.06. The molecule has 2 aromatic carbocycles. The quantitative estimate of drug-likeness (QED) is 0.101. The van der Waals surface area contributed by atoms with Crippen molar-refractivity contribution in [3.05, 3.63) is 90.7 Å². The molecule has 6 N–H and O–H groups in total. The first kappa shape index (κ1) is 28.5. The van der Waals surface area contributed by atoms with Crippen molar-refractivity contribution in [2.75, 3.05) is 20.0 Å². The molecule has 0 fully saturated rings. The third kappa shape index (κ3) is 6.25. The van der Waals surface area contributed by atoms with Crippen LogP contribution in [0, 0.1) is 10.1 Å². The number of hydrogen-bond acceptors (Lipinski definition) is 13. The summed E-state index contributed by atoms with van der Waals surface area (Å²) in [6.07, 6.45) is 0. The fraction of sp³-hybridized carbons (Fsp3) is 0.0833. The Balaban J connectivity index is 0.000000222. The Bertz CT molecular complexity index is 1730. The predicted molar refractivity (Wildman–Crippen MR) is 138 cm³/mol. The van der Waals surface area contributed by atoms with Crippen LogP contribution < -0.4 is 16.9 Å². The Morgan fingerprint density at radius 2 is 1.30 bits per heavy atom. The molecule has 0 saturated heterocycles. The molecule has 0 saturated carbocycles. The van der Waals surface area contributed by atoms with Crippen LogP contribution in [-0.4, -0.2) is 61.2 Å². The van der Waals surface area contributed by atoms with Gasteiger partial charge in [-0.1, -0.05) is 24.3 Å². The van der Waals surface area contributed by atoms with Gasteiger partial charge in [-0.15, -0.1) is 0 Å². The van der Waals surface area contributed by atoms with Crippen LogP contribution in [0.1, 0.15) is 21.0 Å². The van der Waals surface area contributed by atoms with E-state index in [1.807, 2.05) is 0 Å². The molecule has 0 amide bonds. The van der Waals surface area contributed by atoms with E-state index in [1.54, 1.807) is 24.3 Å². The number of nitro benzene ring substituents is 1. The lowest BCUT2D eigenvalue weighted by Crippen LogP contribution is -2.16. The Morgan fingerprint density at radius 1 is 0.850 bits per heavy atom. The summed E-state index contributed by atoms with van der Waals surface area (Å²) in [5, 5.41) is 29.7. The summed E-state index contributed by atoms with van der Waals surface area (Å²) in [6.45, 7) is 0. The highest BCUT2D eigenvalue weighted by Gasteiger charge is 2.20. The average Bonchev–Trinajstić information content (AvgIpc) is 2.95. The number of nitrogens with zero attached hydrogens (tertiary/aromatic N) is 3. The second-order valence-electron chi connectivity index (χ2n) is 7.64. The number of carbonyl (C=O) groups excluding carboxylic acids is 2. The van der Waals surface area contributed by atoms with Gasteiger partial charge in [-0.2, -0.15) is 0 Å². The summed E-state index contributed by atoms with van der Waals surface area (Å²) in [7, 11) is 2.20. The minimum Gasteiger partial charge on any atom is -0.501 e. The number of aromatic nitrogens is 4. The molecule has 0 atom stereocenters. The van der Waals surface area contributed by atoms with Gasteiger partial charge in [0.1, 0.15) is 11.6 Å². The van der Waals surface area contributed by atoms with Gasteiger partial charge in [0.25, 0.3) is 16.8 Å². The summed E-state index contributed by atoms with van der Waals surface area (Å²) in [5.41, 5.74) is 3.85. The number of ether oxygens (including phenoxy) is 2. The minimum absolute atomic E-state index is 0.0955. The highest BCUT2D eigenvalue weighted by molar-refractivity contribution is 5.91. The highest BCUT2D eigenvalue weighted by Crippen LogP contribution is 2.22. The predicted octanol–water partition coefficient (Wildman–Crippen LogP) is 1.35. The molecule has 40 heavy (non-hydrogen) atoms. The number of esters is 2. The summed E-state index contributed by atoms with van der Waals surface area (Å²) in [6, 6.07) is 11.9. The van der Waals surface area contributed by atoms with E-state index in [-0.39, 0.29) is 22.9 Å². The zero-order chi connectivity index (χ0) is 29.6. The molecule has 16 heteroatoms. The number of anilines is 1. The maximum absolute atomic E-state index is 11.6. The van der Waals surface area contributed by atoms with Crippen LogP contribution in [0.5, 0.6) is 11.5 Å². The van der Waals surface area contributed by atoms with Crippen molar-refractivity contribution in [2.45, 2.75) is 0 Å². The van der Waals surface area contributed by atoms with Crippen LogP contribution >= 0.6 is 0 Å². The van der Waals surface area contributed by atoms with Crippen LogP contribution in [-0.2, 0) is 9.47 Å². The van der Waals surface area contributed by atoms with E-state index in [9.17, 15) is 39.5 Å². The third-order valence-electron chi connectivity index (χ3n) is 5.04. The number of hydrogen-bond donors (Lipinski definition) is 5. The molecule has 0 unspecified atom stereocenters. The van der Waals surface area contributed by atoms with E-state index in [0.717, 1.165) is 14.2 Å². The van der Waals surface area contributed by atoms with Gasteiger partial charge in [-0.25, -0.2) is 19.6 Å². The van der Waals surface area contributed by atoms with Crippen molar-refractivity contribution in [3.63, 3.8) is 0 Å². The second kappa shape index (κ2) is 12.0. The summed E-state index contributed by atoms with van der Waals surface area (Å²) < 4.78 is 8.85. The molecule has 0 aliphatic rings. The number of aromatic hydroxyl groups is 2. The van der Waals surface area contributed by atoms with Gasteiger partial charge in [0.05, 0.1) is 19.1 Å². The number of nitrogens with two attached hydrogens (primary N) is 1. The van der Waals surface area contributed by atoms with Crippen molar-refractivity contribution in [2.24, 2.45) is 0 Å². The maximum Gasteiger partial charge on any atom is 0.360 e. The monoisotopic (exact) mass is 552 g/mol. The van der Waals surface area contributed by atoms with E-state index in [1.165, 1.54) is 24.3 Å². The summed E-state index contributed by atoms with van der Waals surface area (Å²) in [4.78, 5) is 68.4. The molecule has 4 aromatic rings. The number of nitrogens with one attached hydrogen (secondary N) is 2. The van der Waals surface area contributed by atoms with E-state index in [0.29, 0.717) is 11.3 Å². The van der Waals surface area contributed by atoms with Crippen molar-refractivity contribution >= 4 is 23.3 Å². The van der Waals surface area contributed by atoms with Gasteiger partial charge in [0.15, 0.2) is 11.4 Å². The van der Waals surface area contributed by atoms with Crippen LogP contribution in [0.3, 0.4) is 0 Å². The van der Waals surface area contributed by atoms with Gasteiger partial charge in [0, 0.05) is 28.9 Å². The first-order valence-electron chi connectivity index (χ1n) is 10.9. The third-order valence-corrected chi connectivity index (χ3v) is 5.04. The molecule has 2 heterocycles. The Kier molecular flexibility index (Phi) is 8.55. The van der Waals surface area contributed by atoms with E-state index in [2.05, 4.69) is 29.4 Å². The van der Waals surface area contributed by atoms with E-state index < -0.39 is 50.9 Å². The van der Waals surface area contributed by atoms with E-state index in [4.69, 9.17) is 5.73 Å². The SMILES string of the molecule is COC(=O)c1nc(-c2cccc(N)c2)[nH]c(=O)c1O.COC(=O)c1nc(-c2cccc([N+](=O)[O-])c2)[nH]c(=O)c1O. The molecule has 4 rings (SSSR count). The number of aromatic amines is 2. The van der Waals surface area contributed by atoms with Gasteiger partial charge in [-0.05, 0) is 12.1 Å². The first-order valence-corrected chi connectivity index (χ1v) is 10.9. The minimum atomic E-state index is -0.995. The molecule has 0 bridgehead atoms. The number of benzene rings is 2. The molecule has 206 valence electrons. The number of H-pyrrole nitrogens is 2. The number of carbonyl (C=O) groups is 2. The highest BCUT2D eigenvalue weighted by atomic mass is 16.6. The molecular weight excluding hydrogens is 532 g/mol. The van der Waals surface area contributed by atoms with Crippen LogP contribution in [0.25, 0.3) is 22.8 Å². The number of non-ortho nitro benzene ring substituents is 1. The van der Waals surface area contributed by atoms with Crippen molar-refractivity contribution in [1.82, 2.24) is 19.9 Å². The van der Waals surface area contributed by atoms with Gasteiger partial charge < -0.3 is 35.4 Å².